The number of imidazole rings is 1. The Morgan fingerprint density at radius 3 is 2.85 bits per heavy atom. The van der Waals surface area contributed by atoms with Gasteiger partial charge in [0.1, 0.15) is 5.69 Å². The summed E-state index contributed by atoms with van der Waals surface area (Å²) in [5.41, 5.74) is 1.20. The van der Waals surface area contributed by atoms with E-state index in [0.717, 1.165) is 0 Å². The van der Waals surface area contributed by atoms with Crippen molar-refractivity contribution in [2.75, 3.05) is 0 Å². The van der Waals surface area contributed by atoms with Gasteiger partial charge >= 0.3 is 5.97 Å². The van der Waals surface area contributed by atoms with E-state index in [4.69, 9.17) is 9.63 Å². The number of aryl methyl sites for hydroxylation is 1. The zero-order chi connectivity index (χ0) is 14.1. The molecule has 0 aliphatic rings. The molecule has 7 nitrogen and oxygen atoms in total. The number of carbonyl (C=O) groups is 1. The Labute approximate surface area is 113 Å². The fourth-order valence-electron chi connectivity index (χ4n) is 1.87. The molecule has 1 aromatic carbocycles. The minimum atomic E-state index is -1.04. The molecule has 7 heteroatoms. The van der Waals surface area contributed by atoms with Crippen molar-refractivity contribution in [3.05, 3.63) is 42.4 Å². The third-order valence-electron chi connectivity index (χ3n) is 2.86. The Kier molecular flexibility index (Phi) is 2.79. The fourth-order valence-corrected chi connectivity index (χ4v) is 1.87. The second kappa shape index (κ2) is 4.61. The second-order valence-electron chi connectivity index (χ2n) is 4.16. The molecule has 0 fully saturated rings. The molecule has 20 heavy (non-hydrogen) atoms. The van der Waals surface area contributed by atoms with E-state index >= 15 is 0 Å². The number of carboxylic acid groups (broad SMARTS) is 1. The predicted molar refractivity (Wildman–Crippen MR) is 68.9 cm³/mol. The molecule has 0 amide bonds. The van der Waals surface area contributed by atoms with Crippen LogP contribution in [0.3, 0.4) is 0 Å². The van der Waals surface area contributed by atoms with Gasteiger partial charge in [0, 0.05) is 7.05 Å². The van der Waals surface area contributed by atoms with Crippen LogP contribution in [-0.2, 0) is 7.05 Å². The minimum absolute atomic E-state index is 0.118. The van der Waals surface area contributed by atoms with Gasteiger partial charge in [-0.3, -0.25) is 0 Å². The molecule has 0 saturated carbocycles. The average molecular weight is 270 g/mol. The van der Waals surface area contributed by atoms with Gasteiger partial charge in [-0.15, -0.1) is 0 Å². The van der Waals surface area contributed by atoms with Gasteiger partial charge in [0.05, 0.1) is 23.7 Å². The molecule has 0 unspecified atom stereocenters. The van der Waals surface area contributed by atoms with Crippen LogP contribution in [0.4, 0.5) is 0 Å². The third kappa shape index (κ3) is 1.95. The Bertz CT molecular complexity index is 775. The molecule has 0 atom stereocenters. The maximum atomic E-state index is 11.2. The van der Waals surface area contributed by atoms with Crippen molar-refractivity contribution in [2.45, 2.75) is 0 Å². The van der Waals surface area contributed by atoms with Gasteiger partial charge < -0.3 is 14.2 Å². The predicted octanol–water partition coefficient (Wildman–Crippen LogP) is 1.84. The molecule has 0 bridgehead atoms. The molecule has 0 radical (unpaired) electrons. The number of aromatic nitrogens is 4. The first-order valence-corrected chi connectivity index (χ1v) is 5.80. The molecular weight excluding hydrogens is 260 g/mol. The molecule has 2 aromatic heterocycles. The molecule has 3 aromatic rings. The van der Waals surface area contributed by atoms with Gasteiger partial charge in [-0.25, -0.2) is 9.78 Å². The number of hydrogen-bond acceptors (Lipinski definition) is 5. The first-order chi connectivity index (χ1) is 9.66. The van der Waals surface area contributed by atoms with E-state index in [0.29, 0.717) is 17.1 Å². The Morgan fingerprint density at radius 2 is 2.15 bits per heavy atom. The maximum Gasteiger partial charge on any atom is 0.336 e. The Balaban J connectivity index is 2.07. The van der Waals surface area contributed by atoms with Gasteiger partial charge in [-0.2, -0.15) is 4.98 Å². The van der Waals surface area contributed by atoms with E-state index in [2.05, 4.69) is 15.1 Å². The van der Waals surface area contributed by atoms with E-state index in [9.17, 15) is 4.79 Å². The van der Waals surface area contributed by atoms with Crippen LogP contribution in [0.5, 0.6) is 0 Å². The molecule has 0 aliphatic carbocycles. The lowest BCUT2D eigenvalue weighted by atomic mass is 10.1. The lowest BCUT2D eigenvalue weighted by Crippen LogP contribution is -1.99. The molecule has 2 heterocycles. The summed E-state index contributed by atoms with van der Waals surface area (Å²) in [5.74, 6) is -0.514. The number of rotatable bonds is 3. The van der Waals surface area contributed by atoms with Crippen molar-refractivity contribution in [1.29, 1.82) is 0 Å². The molecule has 0 spiro atoms. The standard InChI is InChI=1S/C13H10N4O3/c1-17-7-14-6-10(17)11-15-12(20-16-11)8-4-2-3-5-9(8)13(18)19/h2-7H,1H3,(H,18,19). The molecular formula is C13H10N4O3. The first kappa shape index (κ1) is 12.1. The molecule has 3 rings (SSSR count). The number of benzene rings is 1. The van der Waals surface area contributed by atoms with Crippen LogP contribution in [0, 0.1) is 0 Å². The highest BCUT2D eigenvalue weighted by Gasteiger charge is 2.18. The Hall–Kier alpha value is -2.96. The highest BCUT2D eigenvalue weighted by Crippen LogP contribution is 2.24. The van der Waals surface area contributed by atoms with Crippen molar-refractivity contribution >= 4 is 5.97 Å². The van der Waals surface area contributed by atoms with Gasteiger partial charge in [0.2, 0.25) is 5.82 Å². The average Bonchev–Trinajstić information content (AvgIpc) is 3.07. The summed E-state index contributed by atoms with van der Waals surface area (Å²) in [5, 5.41) is 13.0. The van der Waals surface area contributed by atoms with E-state index < -0.39 is 5.97 Å². The van der Waals surface area contributed by atoms with E-state index in [1.807, 2.05) is 7.05 Å². The summed E-state index contributed by atoms with van der Waals surface area (Å²) >= 11 is 0. The van der Waals surface area contributed by atoms with Gasteiger partial charge in [0.25, 0.3) is 5.89 Å². The van der Waals surface area contributed by atoms with Gasteiger partial charge in [-0.1, -0.05) is 17.3 Å². The minimum Gasteiger partial charge on any atom is -0.478 e. The van der Waals surface area contributed by atoms with Crippen LogP contribution in [-0.4, -0.2) is 30.8 Å². The van der Waals surface area contributed by atoms with Crippen molar-refractivity contribution in [2.24, 2.45) is 7.05 Å². The van der Waals surface area contributed by atoms with Crippen LogP contribution in [0.1, 0.15) is 10.4 Å². The number of hydrogen-bond donors (Lipinski definition) is 1. The summed E-state index contributed by atoms with van der Waals surface area (Å²) in [6, 6.07) is 6.48. The number of aromatic carboxylic acids is 1. The van der Waals surface area contributed by atoms with E-state index in [-0.39, 0.29) is 11.5 Å². The fraction of sp³-hybridized carbons (Fsp3) is 0.0769. The SMILES string of the molecule is Cn1cncc1-c1noc(-c2ccccc2C(=O)O)n1. The summed E-state index contributed by atoms with van der Waals surface area (Å²) in [6.45, 7) is 0. The Morgan fingerprint density at radius 1 is 1.35 bits per heavy atom. The lowest BCUT2D eigenvalue weighted by Gasteiger charge is -1.99. The van der Waals surface area contributed by atoms with Crippen molar-refractivity contribution in [3.8, 4) is 23.0 Å². The number of carboxylic acids is 1. The highest BCUT2D eigenvalue weighted by molar-refractivity contribution is 5.94. The molecule has 0 aliphatic heterocycles. The highest BCUT2D eigenvalue weighted by atomic mass is 16.5. The molecule has 100 valence electrons. The second-order valence-corrected chi connectivity index (χ2v) is 4.16. The quantitative estimate of drug-likeness (QED) is 0.780. The monoisotopic (exact) mass is 270 g/mol. The van der Waals surface area contributed by atoms with E-state index in [1.54, 1.807) is 35.3 Å². The van der Waals surface area contributed by atoms with Crippen molar-refractivity contribution in [3.63, 3.8) is 0 Å². The summed E-state index contributed by atoms with van der Waals surface area (Å²) in [6.07, 6.45) is 3.23. The van der Waals surface area contributed by atoms with Crippen LogP contribution < -0.4 is 0 Å². The van der Waals surface area contributed by atoms with Gasteiger partial charge in [0.15, 0.2) is 0 Å². The molecule has 0 saturated heterocycles. The van der Waals surface area contributed by atoms with Crippen molar-refractivity contribution in [1.82, 2.24) is 19.7 Å². The lowest BCUT2D eigenvalue weighted by molar-refractivity contribution is 0.0697. The van der Waals surface area contributed by atoms with Crippen LogP contribution >= 0.6 is 0 Å². The summed E-state index contributed by atoms with van der Waals surface area (Å²) in [4.78, 5) is 19.4. The zero-order valence-electron chi connectivity index (χ0n) is 10.5. The summed E-state index contributed by atoms with van der Waals surface area (Å²) in [7, 11) is 1.81. The number of nitrogens with zero attached hydrogens (tertiary/aromatic N) is 4. The zero-order valence-corrected chi connectivity index (χ0v) is 10.5. The van der Waals surface area contributed by atoms with E-state index in [1.165, 1.54) is 6.07 Å². The smallest absolute Gasteiger partial charge is 0.336 e. The van der Waals surface area contributed by atoms with Crippen LogP contribution in [0.2, 0.25) is 0 Å². The van der Waals surface area contributed by atoms with Crippen molar-refractivity contribution < 1.29 is 14.4 Å². The largest absolute Gasteiger partial charge is 0.478 e. The summed E-state index contributed by atoms with van der Waals surface area (Å²) < 4.78 is 6.90. The molecule has 1 N–H and O–H groups in total. The third-order valence-corrected chi connectivity index (χ3v) is 2.86. The van der Waals surface area contributed by atoms with Crippen LogP contribution in [0.25, 0.3) is 23.0 Å². The van der Waals surface area contributed by atoms with Crippen LogP contribution in [0.15, 0.2) is 41.3 Å². The normalized spacial score (nSPS) is 10.7. The topological polar surface area (TPSA) is 94.0 Å². The first-order valence-electron chi connectivity index (χ1n) is 5.80. The maximum absolute atomic E-state index is 11.2. The van der Waals surface area contributed by atoms with Gasteiger partial charge in [-0.05, 0) is 12.1 Å².